The molecule has 0 bridgehead atoms. The van der Waals surface area contributed by atoms with E-state index in [0.717, 1.165) is 24.3 Å². The van der Waals surface area contributed by atoms with Crippen LogP contribution in [0.5, 0.6) is 11.5 Å². The molecule has 3 aromatic rings. The van der Waals surface area contributed by atoms with Gasteiger partial charge in [-0.2, -0.15) is 5.10 Å². The molecule has 1 saturated heterocycles. The Bertz CT molecular complexity index is 1460. The van der Waals surface area contributed by atoms with Crippen molar-refractivity contribution in [2.45, 2.75) is 19.1 Å². The van der Waals surface area contributed by atoms with Crippen molar-refractivity contribution >= 4 is 46.7 Å². The highest BCUT2D eigenvalue weighted by molar-refractivity contribution is 8.14. The highest BCUT2D eigenvalue weighted by Crippen LogP contribution is 2.36. The van der Waals surface area contributed by atoms with Gasteiger partial charge >= 0.3 is 12.7 Å². The monoisotopic (exact) mass is 607 g/mol. The van der Waals surface area contributed by atoms with E-state index in [2.05, 4.69) is 30.0 Å². The Morgan fingerprint density at radius 1 is 0.905 bits per heavy atom. The molecule has 4 rings (SSSR count). The number of alkyl halides is 6. The first-order chi connectivity index (χ1) is 20.0. The second-order valence-corrected chi connectivity index (χ2v) is 9.48. The van der Waals surface area contributed by atoms with Crippen molar-refractivity contribution in [1.29, 1.82) is 0 Å². The molecule has 1 N–H and O–H groups in total. The largest absolute Gasteiger partial charge is 0.573 e. The molecule has 0 aliphatic carbocycles. The number of para-hydroxylation sites is 2. The highest BCUT2D eigenvalue weighted by atomic mass is 32.2. The Morgan fingerprint density at radius 3 is 2.29 bits per heavy atom. The zero-order chi connectivity index (χ0) is 30.2. The topological polar surface area (TPSA) is 93.1 Å². The maximum absolute atomic E-state index is 12.9. The van der Waals surface area contributed by atoms with Crippen molar-refractivity contribution in [2.75, 3.05) is 22.5 Å². The van der Waals surface area contributed by atoms with Crippen LogP contribution in [0.25, 0.3) is 5.41 Å². The van der Waals surface area contributed by atoms with Crippen molar-refractivity contribution < 1.29 is 35.8 Å². The molecular weight excluding hydrogens is 586 g/mol. The summed E-state index contributed by atoms with van der Waals surface area (Å²) in [7, 11) is 0. The average molecular weight is 608 g/mol. The Morgan fingerprint density at radius 2 is 1.60 bits per heavy atom. The molecule has 0 spiro atoms. The molecule has 220 valence electrons. The molecule has 0 amide bonds. The van der Waals surface area contributed by atoms with E-state index in [0.29, 0.717) is 28.5 Å². The van der Waals surface area contributed by atoms with Crippen molar-refractivity contribution in [3.8, 4) is 11.5 Å². The third-order valence-corrected chi connectivity index (χ3v) is 6.45. The van der Waals surface area contributed by atoms with Crippen LogP contribution in [0, 0.1) is 0 Å². The number of amidine groups is 2. The van der Waals surface area contributed by atoms with Crippen molar-refractivity contribution in [3.05, 3.63) is 89.3 Å². The fraction of sp³-hybridized carbons (Fsp3) is 0.185. The van der Waals surface area contributed by atoms with E-state index >= 15 is 0 Å². The fourth-order valence-corrected chi connectivity index (χ4v) is 4.52. The lowest BCUT2D eigenvalue weighted by atomic mass is 10.1. The van der Waals surface area contributed by atoms with E-state index in [1.165, 1.54) is 54.6 Å². The molecule has 0 aromatic heterocycles. The van der Waals surface area contributed by atoms with E-state index in [-0.39, 0.29) is 23.0 Å². The first-order valence-corrected chi connectivity index (χ1v) is 13.1. The summed E-state index contributed by atoms with van der Waals surface area (Å²) in [4.78, 5) is 5.50. The van der Waals surface area contributed by atoms with Gasteiger partial charge in [0, 0.05) is 18.0 Å². The number of benzene rings is 3. The zero-order valence-electron chi connectivity index (χ0n) is 21.4. The first kappa shape index (κ1) is 30.4. The van der Waals surface area contributed by atoms with Gasteiger partial charge in [-0.1, -0.05) is 54.0 Å². The number of hydrogen-bond acceptors (Lipinski definition) is 5. The number of thioether (sulfide) groups is 1. The molecule has 1 aliphatic rings. The van der Waals surface area contributed by atoms with Crippen molar-refractivity contribution in [3.63, 3.8) is 0 Å². The summed E-state index contributed by atoms with van der Waals surface area (Å²) >= 11 is 1.36. The number of ether oxygens (including phenoxy) is 2. The van der Waals surface area contributed by atoms with Gasteiger partial charge in [-0.15, -0.1) is 31.4 Å². The van der Waals surface area contributed by atoms with Gasteiger partial charge in [0.05, 0.1) is 11.9 Å². The predicted molar refractivity (Wildman–Crippen MR) is 152 cm³/mol. The molecule has 1 heterocycles. The zero-order valence-corrected chi connectivity index (χ0v) is 22.2. The normalized spacial score (nSPS) is 15.4. The minimum Gasteiger partial charge on any atom is -0.464 e. The number of nitrogens with one attached hydrogen (secondary N) is 1. The second kappa shape index (κ2) is 13.4. The quantitative estimate of drug-likeness (QED) is 0.126. The smallest absolute Gasteiger partial charge is 0.464 e. The molecule has 1 fully saturated rings. The minimum absolute atomic E-state index is 0.230. The SMILES string of the molecule is [N-]=C(N=CNc1ccc(OC(F)(F)F)cc1)c1ccc(/C=N/N=C2\SCCCN2c2ccccc2OC(F)(F)F)cc1. The van der Waals surface area contributed by atoms with Gasteiger partial charge in [-0.3, -0.25) is 0 Å². The summed E-state index contributed by atoms with van der Waals surface area (Å²) in [5.41, 5.74) is 1.65. The maximum atomic E-state index is 12.9. The Hall–Kier alpha value is -4.53. The van der Waals surface area contributed by atoms with Crippen LogP contribution in [-0.2, 0) is 0 Å². The standard InChI is InChI=1S/C27H21F6N6O2S/c28-26(29,30)40-21-12-10-20(11-13-21)35-17-36-24(34)19-8-6-18(7-9-19)16-37-38-25-39(14-3-15-42-25)22-4-1-2-5-23(22)41-27(31,32)33/h1-2,4-13,16-17H,3,14-15H2,(H-,34,35,36)/q-1/b37-16+,38-25-. The van der Waals surface area contributed by atoms with Crippen LogP contribution >= 0.6 is 11.8 Å². The van der Waals surface area contributed by atoms with E-state index < -0.39 is 12.7 Å². The molecule has 0 saturated carbocycles. The van der Waals surface area contributed by atoms with E-state index in [9.17, 15) is 31.8 Å². The molecule has 1 aliphatic heterocycles. The average Bonchev–Trinajstić information content (AvgIpc) is 2.93. The number of nitrogens with zero attached hydrogens (tertiary/aromatic N) is 5. The van der Waals surface area contributed by atoms with Crippen LogP contribution in [-0.4, -0.2) is 48.6 Å². The summed E-state index contributed by atoms with van der Waals surface area (Å²) in [6.07, 6.45) is -6.26. The fourth-order valence-electron chi connectivity index (χ4n) is 3.62. The third kappa shape index (κ3) is 9.26. The second-order valence-electron chi connectivity index (χ2n) is 8.42. The first-order valence-electron chi connectivity index (χ1n) is 12.1. The van der Waals surface area contributed by atoms with Crippen LogP contribution in [0.15, 0.2) is 88.0 Å². The molecular formula is C27H21F6N6O2S-. The predicted octanol–water partition coefficient (Wildman–Crippen LogP) is 7.27. The van der Waals surface area contributed by atoms with Crippen molar-refractivity contribution in [1.82, 2.24) is 0 Å². The Kier molecular flexibility index (Phi) is 9.72. The summed E-state index contributed by atoms with van der Waals surface area (Å²) in [6.45, 7) is 0.441. The van der Waals surface area contributed by atoms with Gasteiger partial charge in [0.15, 0.2) is 10.9 Å². The highest BCUT2D eigenvalue weighted by Gasteiger charge is 2.33. The molecule has 15 heteroatoms. The lowest BCUT2D eigenvalue weighted by molar-refractivity contribution is -0.275. The summed E-state index contributed by atoms with van der Waals surface area (Å²) < 4.78 is 83.4. The lowest BCUT2D eigenvalue weighted by Crippen LogP contribution is -2.34. The number of halogens is 6. The Labute approximate surface area is 240 Å². The summed E-state index contributed by atoms with van der Waals surface area (Å²) in [5, 5.41) is 21.7. The number of rotatable bonds is 8. The van der Waals surface area contributed by atoms with Crippen LogP contribution in [0.1, 0.15) is 17.5 Å². The van der Waals surface area contributed by atoms with Crippen LogP contribution in [0.3, 0.4) is 0 Å². The Balaban J connectivity index is 1.36. The van der Waals surface area contributed by atoms with Crippen LogP contribution in [0.2, 0.25) is 0 Å². The van der Waals surface area contributed by atoms with E-state index in [1.54, 1.807) is 35.2 Å². The number of anilines is 2. The van der Waals surface area contributed by atoms with Gasteiger partial charge in [-0.25, -0.2) is 0 Å². The van der Waals surface area contributed by atoms with Gasteiger partial charge in [0.2, 0.25) is 0 Å². The third-order valence-electron chi connectivity index (χ3n) is 5.39. The van der Waals surface area contributed by atoms with Gasteiger partial charge in [0.1, 0.15) is 5.75 Å². The van der Waals surface area contributed by atoms with Gasteiger partial charge < -0.3 is 30.1 Å². The lowest BCUT2D eigenvalue weighted by Gasteiger charge is -2.30. The number of hydrogen-bond donors (Lipinski definition) is 1. The van der Waals surface area contributed by atoms with E-state index in [1.807, 2.05) is 0 Å². The molecule has 8 nitrogen and oxygen atoms in total. The molecule has 42 heavy (non-hydrogen) atoms. The summed E-state index contributed by atoms with van der Waals surface area (Å²) in [6, 6.07) is 17.2. The van der Waals surface area contributed by atoms with Crippen molar-refractivity contribution in [2.24, 2.45) is 15.2 Å². The van der Waals surface area contributed by atoms with Gasteiger partial charge in [-0.05, 0) is 60.3 Å². The van der Waals surface area contributed by atoms with E-state index in [4.69, 9.17) is 0 Å². The molecule has 0 unspecified atom stereocenters. The molecule has 0 atom stereocenters. The number of aliphatic imine (C=N–C) groups is 1. The maximum Gasteiger partial charge on any atom is 0.573 e. The summed E-state index contributed by atoms with van der Waals surface area (Å²) in [5.74, 6) is -0.297. The minimum atomic E-state index is -4.83. The van der Waals surface area contributed by atoms with Crippen LogP contribution < -0.4 is 19.7 Å². The van der Waals surface area contributed by atoms with Gasteiger partial charge in [0.25, 0.3) is 0 Å². The molecule has 0 radical (unpaired) electrons. The molecule has 3 aromatic carbocycles. The van der Waals surface area contributed by atoms with Crippen LogP contribution in [0.4, 0.5) is 37.7 Å².